The van der Waals surface area contributed by atoms with Gasteiger partial charge in [-0.25, -0.2) is 0 Å². The standard InChI is InChI=1S/C13H19N3O3S/c1-2-5-10-12(20-15-14-10)13(19)16-7-4-3-6-9(16)8-11(17)18/h9H,2-8H2,1H3,(H,17,18). The van der Waals surface area contributed by atoms with Crippen LogP contribution in [0.25, 0.3) is 0 Å². The van der Waals surface area contributed by atoms with Crippen molar-refractivity contribution >= 4 is 23.4 Å². The van der Waals surface area contributed by atoms with Crippen molar-refractivity contribution < 1.29 is 14.7 Å². The van der Waals surface area contributed by atoms with Gasteiger partial charge in [0, 0.05) is 12.6 Å². The van der Waals surface area contributed by atoms with Crippen LogP contribution in [-0.2, 0) is 11.2 Å². The van der Waals surface area contributed by atoms with Crippen LogP contribution in [0.2, 0.25) is 0 Å². The van der Waals surface area contributed by atoms with Crippen LogP contribution in [0.15, 0.2) is 0 Å². The highest BCUT2D eigenvalue weighted by Gasteiger charge is 2.31. The molecule has 0 spiro atoms. The molecule has 110 valence electrons. The minimum absolute atomic E-state index is 0.0150. The lowest BCUT2D eigenvalue weighted by molar-refractivity contribution is -0.138. The van der Waals surface area contributed by atoms with Crippen LogP contribution in [0.5, 0.6) is 0 Å². The smallest absolute Gasteiger partial charge is 0.305 e. The van der Waals surface area contributed by atoms with E-state index in [2.05, 4.69) is 9.59 Å². The third-order valence-electron chi connectivity index (χ3n) is 3.54. The second-order valence-corrected chi connectivity index (χ2v) is 5.80. The molecule has 1 saturated heterocycles. The summed E-state index contributed by atoms with van der Waals surface area (Å²) >= 11 is 1.11. The second-order valence-electron chi connectivity index (χ2n) is 5.04. The zero-order valence-electron chi connectivity index (χ0n) is 11.5. The van der Waals surface area contributed by atoms with Crippen LogP contribution in [-0.4, -0.2) is 44.1 Å². The molecule has 1 aliphatic rings. The highest BCUT2D eigenvalue weighted by molar-refractivity contribution is 7.08. The maximum Gasteiger partial charge on any atom is 0.305 e. The Bertz CT molecular complexity index is 489. The highest BCUT2D eigenvalue weighted by Crippen LogP contribution is 2.24. The molecule has 0 radical (unpaired) electrons. The van der Waals surface area contributed by atoms with E-state index in [0.29, 0.717) is 11.4 Å². The van der Waals surface area contributed by atoms with Gasteiger partial charge < -0.3 is 10.0 Å². The molecule has 0 saturated carbocycles. The molecule has 1 aromatic heterocycles. The number of nitrogens with zero attached hydrogens (tertiary/aromatic N) is 3. The van der Waals surface area contributed by atoms with Crippen molar-refractivity contribution in [2.45, 2.75) is 51.5 Å². The van der Waals surface area contributed by atoms with E-state index < -0.39 is 5.97 Å². The molecule has 1 N–H and O–H groups in total. The number of hydrogen-bond donors (Lipinski definition) is 1. The van der Waals surface area contributed by atoms with Crippen LogP contribution in [0.1, 0.15) is 54.4 Å². The summed E-state index contributed by atoms with van der Waals surface area (Å²) < 4.78 is 3.87. The summed E-state index contributed by atoms with van der Waals surface area (Å²) in [5.74, 6) is -0.958. The van der Waals surface area contributed by atoms with E-state index in [4.69, 9.17) is 5.11 Å². The molecular formula is C13H19N3O3S. The van der Waals surface area contributed by atoms with Gasteiger partial charge in [0.05, 0.1) is 12.1 Å². The Hall–Kier alpha value is -1.50. The van der Waals surface area contributed by atoms with Crippen molar-refractivity contribution in [2.24, 2.45) is 0 Å². The first-order valence-corrected chi connectivity index (χ1v) is 7.74. The number of carbonyl (C=O) groups is 2. The Morgan fingerprint density at radius 3 is 2.95 bits per heavy atom. The molecule has 6 nitrogen and oxygen atoms in total. The molecular weight excluding hydrogens is 278 g/mol. The highest BCUT2D eigenvalue weighted by atomic mass is 32.1. The van der Waals surface area contributed by atoms with Gasteiger partial charge in [0.15, 0.2) is 0 Å². The summed E-state index contributed by atoms with van der Waals surface area (Å²) in [7, 11) is 0. The number of piperidine rings is 1. The summed E-state index contributed by atoms with van der Waals surface area (Å²) in [6, 6.07) is -0.203. The molecule has 7 heteroatoms. The van der Waals surface area contributed by atoms with Gasteiger partial charge in [-0.2, -0.15) is 0 Å². The average molecular weight is 297 g/mol. The summed E-state index contributed by atoms with van der Waals surface area (Å²) in [5, 5.41) is 13.0. The van der Waals surface area contributed by atoms with Gasteiger partial charge in [-0.3, -0.25) is 9.59 Å². The fraction of sp³-hybridized carbons (Fsp3) is 0.692. The average Bonchev–Trinajstić information content (AvgIpc) is 2.86. The number of hydrogen-bond acceptors (Lipinski definition) is 5. The zero-order chi connectivity index (χ0) is 14.5. The van der Waals surface area contributed by atoms with Gasteiger partial charge in [0.2, 0.25) is 0 Å². The SMILES string of the molecule is CCCc1nnsc1C(=O)N1CCCCC1CC(=O)O. The Morgan fingerprint density at radius 2 is 2.25 bits per heavy atom. The summed E-state index contributed by atoms with van der Waals surface area (Å²) in [5.41, 5.74) is 0.738. The molecule has 0 aromatic carbocycles. The Balaban J connectivity index is 2.16. The number of aryl methyl sites for hydroxylation is 1. The van der Waals surface area contributed by atoms with Gasteiger partial charge in [0.25, 0.3) is 5.91 Å². The minimum atomic E-state index is -0.856. The first-order valence-electron chi connectivity index (χ1n) is 6.97. The fourth-order valence-electron chi connectivity index (χ4n) is 2.58. The number of aromatic nitrogens is 2. The molecule has 1 atom stereocenters. The lowest BCUT2D eigenvalue weighted by Crippen LogP contribution is -2.44. The molecule has 1 unspecified atom stereocenters. The van der Waals surface area contributed by atoms with Crippen molar-refractivity contribution in [1.82, 2.24) is 14.5 Å². The molecule has 1 amide bonds. The van der Waals surface area contributed by atoms with Crippen molar-refractivity contribution in [3.63, 3.8) is 0 Å². The number of likely N-dealkylation sites (tertiary alicyclic amines) is 1. The van der Waals surface area contributed by atoms with Crippen LogP contribution in [0, 0.1) is 0 Å². The molecule has 0 bridgehead atoms. The Labute approximate surface area is 122 Å². The third-order valence-corrected chi connectivity index (χ3v) is 4.29. The van der Waals surface area contributed by atoms with Gasteiger partial charge in [-0.05, 0) is 37.2 Å². The predicted octanol–water partition coefficient (Wildman–Crippen LogP) is 1.96. The van der Waals surface area contributed by atoms with E-state index in [1.165, 1.54) is 0 Å². The van der Waals surface area contributed by atoms with E-state index in [-0.39, 0.29) is 18.4 Å². The van der Waals surface area contributed by atoms with E-state index in [9.17, 15) is 9.59 Å². The Kier molecular flexibility index (Phi) is 5.05. The van der Waals surface area contributed by atoms with Crippen LogP contribution < -0.4 is 0 Å². The van der Waals surface area contributed by atoms with Crippen LogP contribution >= 0.6 is 11.5 Å². The maximum absolute atomic E-state index is 12.6. The first kappa shape index (κ1) is 14.9. The zero-order valence-corrected chi connectivity index (χ0v) is 12.4. The second kappa shape index (κ2) is 6.78. The third kappa shape index (κ3) is 3.33. The summed E-state index contributed by atoms with van der Waals surface area (Å²) in [6.07, 6.45) is 4.31. The maximum atomic E-state index is 12.6. The number of carboxylic acids is 1. The van der Waals surface area contributed by atoms with Gasteiger partial charge >= 0.3 is 5.97 Å². The predicted molar refractivity (Wildman–Crippen MR) is 74.8 cm³/mol. The topological polar surface area (TPSA) is 83.4 Å². The molecule has 2 heterocycles. The van der Waals surface area contributed by atoms with Gasteiger partial charge in [0.1, 0.15) is 4.88 Å². The van der Waals surface area contributed by atoms with Crippen LogP contribution in [0.3, 0.4) is 0 Å². The quantitative estimate of drug-likeness (QED) is 0.898. The van der Waals surface area contributed by atoms with Crippen molar-refractivity contribution in [3.8, 4) is 0 Å². The van der Waals surface area contributed by atoms with Gasteiger partial charge in [-0.15, -0.1) is 5.10 Å². The lowest BCUT2D eigenvalue weighted by atomic mass is 9.99. The number of carbonyl (C=O) groups excluding carboxylic acids is 1. The van der Waals surface area contributed by atoms with Crippen molar-refractivity contribution in [2.75, 3.05) is 6.54 Å². The van der Waals surface area contributed by atoms with E-state index >= 15 is 0 Å². The first-order chi connectivity index (χ1) is 9.63. The molecule has 2 rings (SSSR count). The molecule has 1 fully saturated rings. The lowest BCUT2D eigenvalue weighted by Gasteiger charge is -2.34. The monoisotopic (exact) mass is 297 g/mol. The largest absolute Gasteiger partial charge is 0.481 e. The molecule has 20 heavy (non-hydrogen) atoms. The number of rotatable bonds is 5. The number of aliphatic carboxylic acids is 1. The Morgan fingerprint density at radius 1 is 1.45 bits per heavy atom. The van der Waals surface area contributed by atoms with E-state index in [0.717, 1.165) is 49.3 Å². The minimum Gasteiger partial charge on any atom is -0.481 e. The number of carboxylic acid groups (broad SMARTS) is 1. The van der Waals surface area contributed by atoms with Crippen molar-refractivity contribution in [3.05, 3.63) is 10.6 Å². The fourth-order valence-corrected chi connectivity index (χ4v) is 3.25. The molecule has 1 aliphatic heterocycles. The van der Waals surface area contributed by atoms with Crippen LogP contribution in [0.4, 0.5) is 0 Å². The number of amides is 1. The summed E-state index contributed by atoms with van der Waals surface area (Å²) in [4.78, 5) is 25.8. The van der Waals surface area contributed by atoms with Crippen molar-refractivity contribution in [1.29, 1.82) is 0 Å². The molecule has 1 aromatic rings. The van der Waals surface area contributed by atoms with Gasteiger partial charge in [-0.1, -0.05) is 17.8 Å². The molecule has 0 aliphatic carbocycles. The van der Waals surface area contributed by atoms with E-state index in [1.54, 1.807) is 4.90 Å². The van der Waals surface area contributed by atoms with E-state index in [1.807, 2.05) is 6.92 Å². The normalized spacial score (nSPS) is 19.1. The summed E-state index contributed by atoms with van der Waals surface area (Å²) in [6.45, 7) is 2.65.